The summed E-state index contributed by atoms with van der Waals surface area (Å²) in [7, 11) is 0. The molecule has 0 bridgehead atoms. The van der Waals surface area contributed by atoms with Gasteiger partial charge in [-0.25, -0.2) is 9.48 Å². The van der Waals surface area contributed by atoms with E-state index < -0.39 is 17.4 Å². The van der Waals surface area contributed by atoms with E-state index in [1.807, 2.05) is 0 Å². The molecule has 1 aliphatic carbocycles. The molecule has 1 amide bonds. The number of amides is 1. The maximum atomic E-state index is 12.5. The summed E-state index contributed by atoms with van der Waals surface area (Å²) in [5.41, 5.74) is -0.403. The van der Waals surface area contributed by atoms with Crippen LogP contribution in [-0.2, 0) is 4.79 Å². The summed E-state index contributed by atoms with van der Waals surface area (Å²) >= 11 is 11.9. The number of rotatable bonds is 4. The Morgan fingerprint density at radius 2 is 1.84 bits per heavy atom. The third-order valence-corrected chi connectivity index (χ3v) is 5.20. The first kappa shape index (κ1) is 17.8. The molecule has 0 saturated heterocycles. The monoisotopic (exact) mass is 381 g/mol. The molecule has 0 unspecified atom stereocenters. The minimum Gasteiger partial charge on any atom is -0.480 e. The molecular weight excluding hydrogens is 365 g/mol. The molecule has 1 fully saturated rings. The van der Waals surface area contributed by atoms with Gasteiger partial charge < -0.3 is 10.4 Å². The number of carbonyl (C=O) groups excluding carboxylic acids is 1. The number of carboxylic acids is 1. The zero-order valence-corrected chi connectivity index (χ0v) is 14.8. The normalized spacial score (nSPS) is 16.4. The number of carboxylic acid groups (broad SMARTS) is 1. The van der Waals surface area contributed by atoms with Crippen LogP contribution in [0.15, 0.2) is 30.5 Å². The van der Waals surface area contributed by atoms with Crippen LogP contribution in [0.5, 0.6) is 0 Å². The summed E-state index contributed by atoms with van der Waals surface area (Å²) < 4.78 is 1.49. The van der Waals surface area contributed by atoms with E-state index in [1.165, 1.54) is 10.7 Å². The minimum absolute atomic E-state index is 0.150. The summed E-state index contributed by atoms with van der Waals surface area (Å²) in [5.74, 6) is -1.49. The molecule has 6 nitrogen and oxygen atoms in total. The van der Waals surface area contributed by atoms with Gasteiger partial charge in [-0.05, 0) is 37.1 Å². The van der Waals surface area contributed by atoms with Crippen molar-refractivity contribution < 1.29 is 14.7 Å². The van der Waals surface area contributed by atoms with E-state index in [1.54, 1.807) is 24.4 Å². The van der Waals surface area contributed by atoms with Gasteiger partial charge >= 0.3 is 5.97 Å². The standard InChI is InChI=1S/C17H17Cl2N3O3/c18-12-5-4-11(10-13(12)19)22-9-6-14(21-22)15(23)20-17(16(24)25)7-2-1-3-8-17/h4-6,9-10H,1-3,7-8H2,(H,20,23)(H,24,25). The first-order valence-corrected chi connectivity index (χ1v) is 8.74. The lowest BCUT2D eigenvalue weighted by Crippen LogP contribution is -2.55. The van der Waals surface area contributed by atoms with Gasteiger partial charge in [0.05, 0.1) is 15.7 Å². The first-order chi connectivity index (χ1) is 11.9. The van der Waals surface area contributed by atoms with Crippen LogP contribution in [0, 0.1) is 0 Å². The molecule has 8 heteroatoms. The molecular formula is C17H17Cl2N3O3. The highest BCUT2D eigenvalue weighted by molar-refractivity contribution is 6.42. The number of nitrogens with zero attached hydrogens (tertiary/aromatic N) is 2. The van der Waals surface area contributed by atoms with Gasteiger partial charge in [-0.15, -0.1) is 0 Å². The topological polar surface area (TPSA) is 84.2 Å². The maximum Gasteiger partial charge on any atom is 0.329 e. The van der Waals surface area contributed by atoms with E-state index in [0.29, 0.717) is 28.6 Å². The van der Waals surface area contributed by atoms with Crippen LogP contribution in [0.3, 0.4) is 0 Å². The van der Waals surface area contributed by atoms with Crippen LogP contribution in [0.2, 0.25) is 10.0 Å². The molecule has 3 rings (SSSR count). The van der Waals surface area contributed by atoms with Gasteiger partial charge in [0, 0.05) is 6.20 Å². The number of aliphatic carboxylic acids is 1. The van der Waals surface area contributed by atoms with Crippen LogP contribution >= 0.6 is 23.2 Å². The summed E-state index contributed by atoms with van der Waals surface area (Å²) in [5, 5.41) is 17.3. The van der Waals surface area contributed by atoms with Gasteiger partial charge in [0.15, 0.2) is 5.69 Å². The van der Waals surface area contributed by atoms with Crippen molar-refractivity contribution in [2.45, 2.75) is 37.6 Å². The molecule has 1 aromatic carbocycles. The van der Waals surface area contributed by atoms with Gasteiger partial charge in [-0.3, -0.25) is 4.79 Å². The Morgan fingerprint density at radius 3 is 2.48 bits per heavy atom. The number of carbonyl (C=O) groups is 2. The summed E-state index contributed by atoms with van der Waals surface area (Å²) in [6.07, 6.45) is 5.03. The van der Waals surface area contributed by atoms with Crippen molar-refractivity contribution in [1.82, 2.24) is 15.1 Å². The lowest BCUT2D eigenvalue weighted by molar-refractivity contribution is -0.145. The van der Waals surface area contributed by atoms with Crippen molar-refractivity contribution in [3.05, 3.63) is 46.2 Å². The quantitative estimate of drug-likeness (QED) is 0.845. The number of nitrogens with one attached hydrogen (secondary N) is 1. The van der Waals surface area contributed by atoms with Gasteiger partial charge in [-0.2, -0.15) is 5.10 Å². The van der Waals surface area contributed by atoms with Crippen molar-refractivity contribution in [3.8, 4) is 5.69 Å². The fraction of sp³-hybridized carbons (Fsp3) is 0.353. The molecule has 0 radical (unpaired) electrons. The Hall–Kier alpha value is -2.05. The molecule has 1 heterocycles. The lowest BCUT2D eigenvalue weighted by atomic mass is 9.81. The second-order valence-corrected chi connectivity index (χ2v) is 6.96. The second kappa shape index (κ2) is 7.06. The van der Waals surface area contributed by atoms with E-state index >= 15 is 0 Å². The van der Waals surface area contributed by atoms with Crippen molar-refractivity contribution in [3.63, 3.8) is 0 Å². The van der Waals surface area contributed by atoms with Crippen LogP contribution in [0.1, 0.15) is 42.6 Å². The van der Waals surface area contributed by atoms with Crippen LogP contribution in [-0.4, -0.2) is 32.3 Å². The van der Waals surface area contributed by atoms with Gasteiger partial charge in [0.1, 0.15) is 5.54 Å². The summed E-state index contributed by atoms with van der Waals surface area (Å²) in [6.45, 7) is 0. The fourth-order valence-corrected chi connectivity index (χ4v) is 3.34. The largest absolute Gasteiger partial charge is 0.480 e. The highest BCUT2D eigenvalue weighted by Gasteiger charge is 2.41. The Kier molecular flexibility index (Phi) is 5.01. The molecule has 1 aromatic heterocycles. The zero-order valence-electron chi connectivity index (χ0n) is 13.3. The van der Waals surface area contributed by atoms with Crippen LogP contribution < -0.4 is 5.32 Å². The van der Waals surface area contributed by atoms with Crippen molar-refractivity contribution in [1.29, 1.82) is 0 Å². The molecule has 132 valence electrons. The lowest BCUT2D eigenvalue weighted by Gasteiger charge is -2.33. The summed E-state index contributed by atoms with van der Waals surface area (Å²) in [4.78, 5) is 24.2. The number of halogens is 2. The van der Waals surface area contributed by atoms with Gasteiger partial charge in [0.25, 0.3) is 5.91 Å². The Bertz CT molecular complexity index is 813. The molecule has 0 spiro atoms. The number of benzene rings is 1. The summed E-state index contributed by atoms with van der Waals surface area (Å²) in [6, 6.07) is 6.54. The second-order valence-electron chi connectivity index (χ2n) is 6.15. The Balaban J connectivity index is 1.80. The smallest absolute Gasteiger partial charge is 0.329 e. The van der Waals surface area contributed by atoms with Crippen LogP contribution in [0.25, 0.3) is 5.69 Å². The number of hydrogen-bond donors (Lipinski definition) is 2. The average Bonchev–Trinajstić information content (AvgIpc) is 3.08. The van der Waals surface area contributed by atoms with E-state index in [4.69, 9.17) is 23.2 Å². The van der Waals surface area contributed by atoms with Crippen molar-refractivity contribution in [2.24, 2.45) is 0 Å². The van der Waals surface area contributed by atoms with E-state index in [9.17, 15) is 14.7 Å². The fourth-order valence-electron chi connectivity index (χ4n) is 3.05. The Labute approximate surface area is 154 Å². The maximum absolute atomic E-state index is 12.5. The van der Waals surface area contributed by atoms with Crippen molar-refractivity contribution in [2.75, 3.05) is 0 Å². The average molecular weight is 382 g/mol. The van der Waals surface area contributed by atoms with Crippen molar-refractivity contribution >= 4 is 35.1 Å². The Morgan fingerprint density at radius 1 is 1.12 bits per heavy atom. The first-order valence-electron chi connectivity index (χ1n) is 7.98. The van der Waals surface area contributed by atoms with E-state index in [0.717, 1.165) is 19.3 Å². The minimum atomic E-state index is -1.21. The molecule has 25 heavy (non-hydrogen) atoms. The van der Waals surface area contributed by atoms with E-state index in [2.05, 4.69) is 10.4 Å². The SMILES string of the molecule is O=C(NC1(C(=O)O)CCCCC1)c1ccn(-c2ccc(Cl)c(Cl)c2)n1. The highest BCUT2D eigenvalue weighted by atomic mass is 35.5. The molecule has 2 aromatic rings. The molecule has 1 saturated carbocycles. The number of hydrogen-bond acceptors (Lipinski definition) is 3. The van der Waals surface area contributed by atoms with Crippen LogP contribution in [0.4, 0.5) is 0 Å². The van der Waals surface area contributed by atoms with E-state index in [-0.39, 0.29) is 5.69 Å². The third-order valence-electron chi connectivity index (χ3n) is 4.46. The molecule has 1 aliphatic rings. The number of aromatic nitrogens is 2. The predicted octanol–water partition coefficient (Wildman–Crippen LogP) is 3.70. The predicted molar refractivity (Wildman–Crippen MR) is 94.5 cm³/mol. The zero-order chi connectivity index (χ0) is 18.0. The van der Waals surface area contributed by atoms with Gasteiger partial charge in [-0.1, -0.05) is 42.5 Å². The van der Waals surface area contributed by atoms with Gasteiger partial charge in [0.2, 0.25) is 0 Å². The molecule has 0 aliphatic heterocycles. The molecule has 2 N–H and O–H groups in total. The highest BCUT2D eigenvalue weighted by Crippen LogP contribution is 2.29. The molecule has 0 atom stereocenters. The third kappa shape index (κ3) is 3.65.